The van der Waals surface area contributed by atoms with Crippen LogP contribution in [-0.2, 0) is 9.53 Å². The number of hydrogen-bond acceptors (Lipinski definition) is 6. The first kappa shape index (κ1) is 20.1. The molecule has 8 heteroatoms. The summed E-state index contributed by atoms with van der Waals surface area (Å²) in [5, 5.41) is 11.2. The van der Waals surface area contributed by atoms with Crippen molar-refractivity contribution in [1.82, 2.24) is 4.90 Å². The van der Waals surface area contributed by atoms with E-state index in [0.717, 1.165) is 38.2 Å². The van der Waals surface area contributed by atoms with E-state index in [1.807, 2.05) is 4.90 Å². The number of benzene rings is 1. The number of ether oxygens (including phenoxy) is 2. The number of fused-ring (bicyclic) bond motifs is 1. The number of likely N-dealkylation sites (tertiary alicyclic amines) is 1. The lowest BCUT2D eigenvalue weighted by atomic mass is 9.78. The van der Waals surface area contributed by atoms with Gasteiger partial charge in [0, 0.05) is 18.7 Å². The Hall–Kier alpha value is -2.64. The molecule has 2 atom stereocenters. The molecule has 8 nitrogen and oxygen atoms in total. The highest BCUT2D eigenvalue weighted by molar-refractivity contribution is 5.92. The molecule has 2 aliphatic rings. The third-order valence-electron chi connectivity index (χ3n) is 5.58. The number of carbonyl (C=O) groups excluding carboxylic acids is 2. The molecule has 1 aliphatic carbocycles. The van der Waals surface area contributed by atoms with Gasteiger partial charge in [-0.2, -0.15) is 0 Å². The maximum Gasteiger partial charge on any atom is 0.338 e. The summed E-state index contributed by atoms with van der Waals surface area (Å²) in [6.07, 6.45) is 6.64. The van der Waals surface area contributed by atoms with Crippen LogP contribution in [-0.4, -0.2) is 47.5 Å². The largest absolute Gasteiger partial charge is 0.487 e. The summed E-state index contributed by atoms with van der Waals surface area (Å²) < 4.78 is 10.4. The van der Waals surface area contributed by atoms with Gasteiger partial charge in [-0.25, -0.2) is 4.79 Å². The lowest BCUT2D eigenvalue weighted by Crippen LogP contribution is -2.50. The summed E-state index contributed by atoms with van der Waals surface area (Å²) in [6, 6.07) is 4.15. The average Bonchev–Trinajstić information content (AvgIpc) is 2.71. The Morgan fingerprint density at radius 2 is 1.96 bits per heavy atom. The summed E-state index contributed by atoms with van der Waals surface area (Å²) in [4.78, 5) is 37.4. The van der Waals surface area contributed by atoms with Crippen molar-refractivity contribution >= 4 is 17.6 Å². The summed E-state index contributed by atoms with van der Waals surface area (Å²) in [5.74, 6) is -0.296. The van der Waals surface area contributed by atoms with Gasteiger partial charge in [0.25, 0.3) is 5.91 Å². The molecule has 28 heavy (non-hydrogen) atoms. The Labute approximate surface area is 163 Å². The van der Waals surface area contributed by atoms with Crippen molar-refractivity contribution in [3.05, 3.63) is 33.9 Å². The zero-order chi connectivity index (χ0) is 20.1. The first-order valence-corrected chi connectivity index (χ1v) is 9.89. The molecule has 1 saturated carbocycles. The van der Waals surface area contributed by atoms with Crippen LogP contribution in [0.4, 0.5) is 5.69 Å². The van der Waals surface area contributed by atoms with Gasteiger partial charge in [-0.05, 0) is 50.7 Å². The molecule has 152 valence electrons. The molecule has 1 amide bonds. The fraction of sp³-hybridized carbons (Fsp3) is 0.600. The third kappa shape index (κ3) is 4.43. The van der Waals surface area contributed by atoms with E-state index in [0.29, 0.717) is 12.5 Å². The van der Waals surface area contributed by atoms with E-state index in [9.17, 15) is 19.7 Å². The van der Waals surface area contributed by atoms with E-state index in [1.165, 1.54) is 18.6 Å². The van der Waals surface area contributed by atoms with Crippen LogP contribution >= 0.6 is 0 Å². The summed E-state index contributed by atoms with van der Waals surface area (Å²) in [7, 11) is 0. The zero-order valence-corrected chi connectivity index (χ0v) is 16.1. The van der Waals surface area contributed by atoms with Gasteiger partial charge < -0.3 is 14.4 Å². The smallest absolute Gasteiger partial charge is 0.338 e. The van der Waals surface area contributed by atoms with E-state index in [2.05, 4.69) is 0 Å². The third-order valence-corrected chi connectivity index (χ3v) is 5.58. The van der Waals surface area contributed by atoms with Crippen LogP contribution < -0.4 is 4.74 Å². The van der Waals surface area contributed by atoms with Crippen molar-refractivity contribution in [1.29, 1.82) is 0 Å². The molecule has 0 aromatic heterocycles. The van der Waals surface area contributed by atoms with Gasteiger partial charge in [-0.1, -0.05) is 12.8 Å². The number of nitro groups is 1. The van der Waals surface area contributed by atoms with Crippen LogP contribution in [0, 0.1) is 16.0 Å². The van der Waals surface area contributed by atoms with Crippen LogP contribution in [0.3, 0.4) is 0 Å². The zero-order valence-electron chi connectivity index (χ0n) is 16.1. The molecular formula is C20H26N2O6. The highest BCUT2D eigenvalue weighted by Gasteiger charge is 2.35. The predicted molar refractivity (Wildman–Crippen MR) is 101 cm³/mol. The van der Waals surface area contributed by atoms with Crippen molar-refractivity contribution in [3.8, 4) is 5.75 Å². The van der Waals surface area contributed by atoms with Crippen LogP contribution in [0.5, 0.6) is 5.75 Å². The van der Waals surface area contributed by atoms with E-state index in [4.69, 9.17) is 9.47 Å². The highest BCUT2D eigenvalue weighted by atomic mass is 16.6. The van der Waals surface area contributed by atoms with Gasteiger partial charge in [-0.15, -0.1) is 0 Å². The van der Waals surface area contributed by atoms with E-state index >= 15 is 0 Å². The number of hydrogen-bond donors (Lipinski definition) is 0. The average molecular weight is 390 g/mol. The number of esters is 1. The minimum absolute atomic E-state index is 0.0251. The van der Waals surface area contributed by atoms with Crippen LogP contribution in [0.1, 0.15) is 55.8 Å². The van der Waals surface area contributed by atoms with Crippen LogP contribution in [0.2, 0.25) is 0 Å². The summed E-state index contributed by atoms with van der Waals surface area (Å²) in [6.45, 7) is 2.35. The van der Waals surface area contributed by atoms with Gasteiger partial charge in [0.2, 0.25) is 0 Å². The van der Waals surface area contributed by atoms with E-state index < -0.39 is 10.9 Å². The van der Waals surface area contributed by atoms with E-state index in [-0.39, 0.29) is 42.2 Å². The summed E-state index contributed by atoms with van der Waals surface area (Å²) >= 11 is 0. The Kier molecular flexibility index (Phi) is 6.49. The molecule has 2 fully saturated rings. The number of nitrogens with zero attached hydrogens (tertiary/aromatic N) is 2. The minimum Gasteiger partial charge on any atom is -0.487 e. The molecule has 0 unspecified atom stereocenters. The molecule has 0 N–H and O–H groups in total. The van der Waals surface area contributed by atoms with Gasteiger partial charge >= 0.3 is 11.7 Å². The Morgan fingerprint density at radius 1 is 1.21 bits per heavy atom. The molecule has 1 aromatic rings. The first-order valence-electron chi connectivity index (χ1n) is 9.89. The second-order valence-corrected chi connectivity index (χ2v) is 7.29. The Bertz CT molecular complexity index is 748. The molecule has 0 bridgehead atoms. The Morgan fingerprint density at radius 3 is 2.71 bits per heavy atom. The normalized spacial score (nSPS) is 21.5. The molecule has 1 saturated heterocycles. The molecule has 3 rings (SSSR count). The fourth-order valence-electron chi connectivity index (χ4n) is 4.29. The number of nitro benzene ring substituents is 1. The SMILES string of the molecule is CCOc1ccc(C(=O)OCC(=O)N2CCC[C@@H]3CCCC[C@@H]32)cc1[N+](=O)[O-]. The van der Waals surface area contributed by atoms with Crippen molar-refractivity contribution in [2.24, 2.45) is 5.92 Å². The molecular weight excluding hydrogens is 364 g/mol. The number of carbonyl (C=O) groups is 2. The second-order valence-electron chi connectivity index (χ2n) is 7.29. The van der Waals surface area contributed by atoms with Crippen molar-refractivity contribution in [2.45, 2.75) is 51.5 Å². The topological polar surface area (TPSA) is 99.0 Å². The fourth-order valence-corrected chi connectivity index (χ4v) is 4.29. The molecule has 1 aromatic carbocycles. The monoisotopic (exact) mass is 390 g/mol. The Balaban J connectivity index is 1.62. The van der Waals surface area contributed by atoms with Crippen molar-refractivity contribution in [2.75, 3.05) is 19.8 Å². The van der Waals surface area contributed by atoms with Gasteiger partial charge in [0.15, 0.2) is 12.4 Å². The molecule has 0 radical (unpaired) electrons. The lowest BCUT2D eigenvalue weighted by Gasteiger charge is -2.44. The maximum absolute atomic E-state index is 12.6. The first-order chi connectivity index (χ1) is 13.5. The van der Waals surface area contributed by atoms with E-state index in [1.54, 1.807) is 6.92 Å². The van der Waals surface area contributed by atoms with Crippen LogP contribution in [0.25, 0.3) is 0 Å². The lowest BCUT2D eigenvalue weighted by molar-refractivity contribution is -0.385. The number of piperidine rings is 1. The van der Waals surface area contributed by atoms with Gasteiger partial charge in [-0.3, -0.25) is 14.9 Å². The maximum atomic E-state index is 12.6. The number of amides is 1. The van der Waals surface area contributed by atoms with Gasteiger partial charge in [0.1, 0.15) is 0 Å². The summed E-state index contributed by atoms with van der Waals surface area (Å²) in [5.41, 5.74) is -0.277. The molecule has 1 heterocycles. The highest BCUT2D eigenvalue weighted by Crippen LogP contribution is 2.35. The quantitative estimate of drug-likeness (QED) is 0.420. The van der Waals surface area contributed by atoms with Gasteiger partial charge in [0.05, 0.1) is 17.1 Å². The minimum atomic E-state index is -0.753. The molecule has 1 aliphatic heterocycles. The van der Waals surface area contributed by atoms with Crippen molar-refractivity contribution in [3.63, 3.8) is 0 Å². The molecule has 0 spiro atoms. The predicted octanol–water partition coefficient (Wildman–Crippen LogP) is 3.33. The standard InChI is InChI=1S/C20H26N2O6/c1-2-27-18-10-9-15(12-17(18)22(25)26)20(24)28-13-19(23)21-11-5-7-14-6-3-4-8-16(14)21/h9-10,12,14,16H,2-8,11,13H2,1H3/t14-,16-/m0/s1. The number of rotatable bonds is 6. The van der Waals surface area contributed by atoms with Crippen molar-refractivity contribution < 1.29 is 24.0 Å². The van der Waals surface area contributed by atoms with Crippen LogP contribution in [0.15, 0.2) is 18.2 Å². The second kappa shape index (κ2) is 9.03.